The zero-order valence-corrected chi connectivity index (χ0v) is 22.7. The Labute approximate surface area is 263 Å². The van der Waals surface area contributed by atoms with Crippen molar-refractivity contribution in [2.75, 3.05) is 0 Å². The molecule has 0 spiro atoms. The Kier molecular flexibility index (Phi) is 4.68. The van der Waals surface area contributed by atoms with Gasteiger partial charge in [-0.3, -0.25) is 0 Å². The van der Waals surface area contributed by atoms with Crippen molar-refractivity contribution in [3.05, 3.63) is 132 Å². The molecule has 0 bridgehead atoms. The fraction of sp³-hybridized carbons (Fsp3) is 0. The van der Waals surface area contributed by atoms with Gasteiger partial charge in [-0.15, -0.1) is 0 Å². The van der Waals surface area contributed by atoms with Crippen molar-refractivity contribution >= 4 is 65.6 Å². The number of para-hydroxylation sites is 2. The van der Waals surface area contributed by atoms with Crippen LogP contribution in [0.1, 0.15) is 28.2 Å². The van der Waals surface area contributed by atoms with Gasteiger partial charge in [0.25, 0.3) is 0 Å². The van der Waals surface area contributed by atoms with E-state index in [-0.39, 0.29) is 17.1 Å². The number of benzene rings is 6. The van der Waals surface area contributed by atoms with Gasteiger partial charge in [0.2, 0.25) is 0 Å². The number of rotatable bonds is 2. The van der Waals surface area contributed by atoms with Crippen LogP contribution in [0.5, 0.6) is 0 Å². The van der Waals surface area contributed by atoms with Crippen LogP contribution in [0.15, 0.2) is 126 Å². The van der Waals surface area contributed by atoms with Crippen LogP contribution in [0.4, 0.5) is 0 Å². The van der Waals surface area contributed by atoms with Crippen LogP contribution in [0.3, 0.4) is 0 Å². The summed E-state index contributed by atoms with van der Waals surface area (Å²) >= 11 is 0. The molecular weight excluding hydrogens is 528 g/mol. The Morgan fingerprint density at radius 1 is 0.488 bits per heavy atom. The molecule has 0 fully saturated rings. The Morgan fingerprint density at radius 3 is 1.77 bits per heavy atom. The van der Waals surface area contributed by atoms with Gasteiger partial charge in [0.05, 0.1) is 50.7 Å². The minimum atomic E-state index is 0. The van der Waals surface area contributed by atoms with Gasteiger partial charge >= 0.3 is 0 Å². The van der Waals surface area contributed by atoms with E-state index in [9.17, 15) is 10.5 Å². The molecule has 0 saturated heterocycles. The van der Waals surface area contributed by atoms with E-state index < -0.39 is 0 Å². The average Bonchev–Trinajstić information content (AvgIpc) is 3.71. The number of nitriles is 2. The van der Waals surface area contributed by atoms with E-state index in [4.69, 9.17) is 4.42 Å². The lowest BCUT2D eigenvalue weighted by Crippen LogP contribution is -1.98. The van der Waals surface area contributed by atoms with Gasteiger partial charge in [-0.05, 0) is 78.9 Å². The molecule has 0 unspecified atom stereocenters. The highest BCUT2D eigenvalue weighted by molar-refractivity contribution is 6.23. The van der Waals surface area contributed by atoms with Crippen LogP contribution >= 0.6 is 0 Å². The van der Waals surface area contributed by atoms with Crippen molar-refractivity contribution in [2.24, 2.45) is 0 Å². The first-order valence-corrected chi connectivity index (χ1v) is 14.1. The average molecular weight is 573 g/mol. The maximum Gasteiger partial charge on any atom is 0.145 e. The Balaban J connectivity index is -0.00000108. The molecule has 0 aliphatic rings. The van der Waals surface area contributed by atoms with Crippen LogP contribution < -0.4 is 0 Å². The highest BCUT2D eigenvalue weighted by Crippen LogP contribution is 2.41. The molecule has 3 aromatic heterocycles. The molecule has 43 heavy (non-hydrogen) atoms. The van der Waals surface area contributed by atoms with E-state index >= 15 is 0 Å². The molecule has 9 aromatic rings. The molecule has 222 valence electrons. The summed E-state index contributed by atoms with van der Waals surface area (Å²) in [6, 6.07) is 45.5. The van der Waals surface area contributed by atoms with Crippen molar-refractivity contribution in [2.45, 2.75) is 0 Å². The summed E-state index contributed by atoms with van der Waals surface area (Å²) in [6.07, 6.45) is 0. The maximum absolute atomic E-state index is 9.60. The normalized spacial score (nSPS) is 11.7. The van der Waals surface area contributed by atoms with Crippen LogP contribution in [0.2, 0.25) is 0 Å². The van der Waals surface area contributed by atoms with Crippen molar-refractivity contribution in [1.29, 1.82) is 10.5 Å². The number of hydrogen-bond acceptors (Lipinski definition) is 3. The largest absolute Gasteiger partial charge is 0.455 e. The number of hydrogen-bond donors (Lipinski definition) is 0. The van der Waals surface area contributed by atoms with Gasteiger partial charge in [-0.1, -0.05) is 42.5 Å². The third-order valence-electron chi connectivity index (χ3n) is 8.55. The van der Waals surface area contributed by atoms with Crippen molar-refractivity contribution in [1.82, 2.24) is 9.13 Å². The second kappa shape index (κ2) is 8.60. The molecule has 0 aliphatic carbocycles. The van der Waals surface area contributed by atoms with Crippen LogP contribution in [-0.2, 0) is 0 Å². The minimum Gasteiger partial charge on any atom is -0.455 e. The zero-order chi connectivity index (χ0) is 28.7. The van der Waals surface area contributed by atoms with Gasteiger partial charge in [-0.2, -0.15) is 10.5 Å². The predicted octanol–water partition coefficient (Wildman–Crippen LogP) is 12.5. The standard InChI is InChI=1S/C38H20N4O.12H2/c39-21-23-12-15-33-30(18-23)31-19-24(22-40)13-16-34(31)41(33)25-6-5-7-26(20-25)42-32-10-3-1-9-29(32)37-35(42)17-14-28-27-8-2-4-11-36(27)43-38(28)37;;;;;;;;;;;;/h1-20H;12*1H. The fourth-order valence-corrected chi connectivity index (χ4v) is 6.72. The molecule has 0 saturated carbocycles. The quantitative estimate of drug-likeness (QED) is 0.207. The van der Waals surface area contributed by atoms with Crippen molar-refractivity contribution < 1.29 is 21.5 Å². The first-order chi connectivity index (χ1) is 21.2. The van der Waals surface area contributed by atoms with E-state index in [1.54, 1.807) is 0 Å². The van der Waals surface area contributed by atoms with E-state index in [0.717, 1.165) is 76.9 Å². The fourth-order valence-electron chi connectivity index (χ4n) is 6.72. The zero-order valence-electron chi connectivity index (χ0n) is 22.7. The van der Waals surface area contributed by atoms with Gasteiger partial charge in [-0.25, -0.2) is 0 Å². The highest BCUT2D eigenvalue weighted by Gasteiger charge is 2.19. The highest BCUT2D eigenvalue weighted by atomic mass is 16.3. The molecule has 5 heteroatoms. The van der Waals surface area contributed by atoms with Crippen LogP contribution in [-0.4, -0.2) is 9.13 Å². The molecule has 3 heterocycles. The molecule has 0 atom stereocenters. The van der Waals surface area contributed by atoms with E-state index in [1.165, 1.54) is 0 Å². The summed E-state index contributed by atoms with van der Waals surface area (Å²) in [6.45, 7) is 0. The van der Waals surface area contributed by atoms with Gasteiger partial charge in [0, 0.05) is 55.4 Å². The molecule has 0 aliphatic heterocycles. The summed E-state index contributed by atoms with van der Waals surface area (Å²) < 4.78 is 11.0. The number of furan rings is 1. The molecule has 5 nitrogen and oxygen atoms in total. The third-order valence-corrected chi connectivity index (χ3v) is 8.55. The second-order valence-corrected chi connectivity index (χ2v) is 10.8. The maximum atomic E-state index is 9.60. The van der Waals surface area contributed by atoms with Crippen LogP contribution in [0, 0.1) is 22.7 Å². The smallest absolute Gasteiger partial charge is 0.145 e. The first-order valence-electron chi connectivity index (χ1n) is 14.1. The molecule has 0 amide bonds. The number of fused-ring (bicyclic) bond motifs is 10. The molecule has 0 N–H and O–H groups in total. The summed E-state index contributed by atoms with van der Waals surface area (Å²) in [7, 11) is 0. The number of nitrogens with zero attached hydrogens (tertiary/aromatic N) is 4. The van der Waals surface area contributed by atoms with Gasteiger partial charge < -0.3 is 13.6 Å². The lowest BCUT2D eigenvalue weighted by molar-refractivity contribution is 0.673. The van der Waals surface area contributed by atoms with Gasteiger partial charge in [0.1, 0.15) is 11.2 Å². The van der Waals surface area contributed by atoms with E-state index in [1.807, 2.05) is 54.6 Å². The van der Waals surface area contributed by atoms with Crippen LogP contribution in [0.25, 0.3) is 76.9 Å². The Hall–Kier alpha value is -6.30. The van der Waals surface area contributed by atoms with Gasteiger partial charge in [0.15, 0.2) is 0 Å². The van der Waals surface area contributed by atoms with E-state index in [0.29, 0.717) is 11.1 Å². The summed E-state index contributed by atoms with van der Waals surface area (Å²) in [4.78, 5) is 0. The molecule has 9 rings (SSSR count). The van der Waals surface area contributed by atoms with Crippen molar-refractivity contribution in [3.8, 4) is 23.5 Å². The third kappa shape index (κ3) is 3.19. The van der Waals surface area contributed by atoms with E-state index in [2.05, 4.69) is 88.0 Å². The SMILES string of the molecule is N#Cc1ccc2c(c1)c1cc(C#N)ccc1n2-c1cccc(-n2c3ccccc3c3c4oc5ccccc5c4ccc32)c1.[HH].[HH].[HH].[HH].[HH].[HH].[HH].[HH].[HH].[HH].[HH].[HH]. The Morgan fingerprint density at radius 2 is 1.07 bits per heavy atom. The predicted molar refractivity (Wildman–Crippen MR) is 197 cm³/mol. The van der Waals surface area contributed by atoms with Crippen molar-refractivity contribution in [3.63, 3.8) is 0 Å². The molecule has 6 aromatic carbocycles. The molecular formula is C38H44N4O. The second-order valence-electron chi connectivity index (χ2n) is 10.8. The topological polar surface area (TPSA) is 70.6 Å². The lowest BCUT2D eigenvalue weighted by atomic mass is 10.1. The number of aromatic nitrogens is 2. The lowest BCUT2D eigenvalue weighted by Gasteiger charge is -2.13. The summed E-state index contributed by atoms with van der Waals surface area (Å²) in [5.41, 5.74) is 9.10. The summed E-state index contributed by atoms with van der Waals surface area (Å²) in [5.74, 6) is 0. The first kappa shape index (κ1) is 23.4. The molecule has 0 radical (unpaired) electrons. The monoisotopic (exact) mass is 572 g/mol. The minimum absolute atomic E-state index is 0. The Bertz CT molecular complexity index is 2680. The summed E-state index contributed by atoms with van der Waals surface area (Å²) in [5, 5.41) is 25.5.